The summed E-state index contributed by atoms with van der Waals surface area (Å²) in [6.45, 7) is 2.88. The Morgan fingerprint density at radius 2 is 1.28 bits per heavy atom. The number of allylic oxidation sites excluding steroid dienone is 1. The number of hydrogen-bond donors (Lipinski definition) is 0. The first-order chi connectivity index (χ1) is 14.2. The fraction of sp³-hybridized carbons (Fsp3) is 0.333. The first-order valence-electron chi connectivity index (χ1n) is 10.0. The van der Waals surface area contributed by atoms with Gasteiger partial charge >= 0.3 is 0 Å². The number of carbonyl (C=O) groups is 2. The molecule has 2 aromatic rings. The van der Waals surface area contributed by atoms with E-state index in [0.717, 1.165) is 17.5 Å². The van der Waals surface area contributed by atoms with Gasteiger partial charge in [0.25, 0.3) is 11.8 Å². The van der Waals surface area contributed by atoms with Gasteiger partial charge in [0, 0.05) is 6.54 Å². The van der Waals surface area contributed by atoms with Crippen LogP contribution in [-0.4, -0.2) is 35.5 Å². The lowest BCUT2D eigenvalue weighted by Gasteiger charge is -2.17. The SMILES string of the molecule is CC/C=C\CCN1C(=O)[C@H](OCc2ccccc2)[C@@H](OCc2ccccc2)C1=O. The number of ether oxygens (including phenoxy) is 2. The van der Waals surface area contributed by atoms with Gasteiger partial charge in [-0.3, -0.25) is 14.5 Å². The van der Waals surface area contributed by atoms with E-state index >= 15 is 0 Å². The van der Waals surface area contributed by atoms with Crippen LogP contribution in [0.3, 0.4) is 0 Å². The average molecular weight is 393 g/mol. The second-order valence-electron chi connectivity index (χ2n) is 6.93. The maximum absolute atomic E-state index is 12.9. The van der Waals surface area contributed by atoms with E-state index in [1.807, 2.05) is 79.7 Å². The molecular formula is C24H27NO4. The molecular weight excluding hydrogens is 366 g/mol. The molecule has 1 aliphatic rings. The van der Waals surface area contributed by atoms with Gasteiger partial charge in [0.05, 0.1) is 13.2 Å². The number of likely N-dealkylation sites (tertiary alicyclic amines) is 1. The van der Waals surface area contributed by atoms with E-state index in [2.05, 4.69) is 0 Å². The zero-order valence-electron chi connectivity index (χ0n) is 16.7. The summed E-state index contributed by atoms with van der Waals surface area (Å²) < 4.78 is 11.8. The molecule has 0 N–H and O–H groups in total. The molecule has 1 fully saturated rings. The van der Waals surface area contributed by atoms with Crippen molar-refractivity contribution in [1.82, 2.24) is 4.90 Å². The van der Waals surface area contributed by atoms with E-state index in [1.165, 1.54) is 4.90 Å². The number of benzene rings is 2. The van der Waals surface area contributed by atoms with E-state index in [4.69, 9.17) is 9.47 Å². The molecule has 0 spiro atoms. The zero-order chi connectivity index (χ0) is 20.5. The Morgan fingerprint density at radius 3 is 1.72 bits per heavy atom. The highest BCUT2D eigenvalue weighted by Gasteiger charge is 2.49. The summed E-state index contributed by atoms with van der Waals surface area (Å²) in [4.78, 5) is 27.1. The first-order valence-corrected chi connectivity index (χ1v) is 10.0. The standard InChI is InChI=1S/C24H27NO4/c1-2-3-4-11-16-25-23(26)21(28-17-19-12-7-5-8-13-19)22(24(25)27)29-18-20-14-9-6-10-15-20/h3-10,12-15,21-22H,2,11,16-18H2,1H3/b4-3-/t21-,22-/m1/s1. The fourth-order valence-corrected chi connectivity index (χ4v) is 3.22. The van der Waals surface area contributed by atoms with E-state index in [1.54, 1.807) is 0 Å². The Kier molecular flexibility index (Phi) is 7.73. The normalized spacial score (nSPS) is 19.4. The molecule has 2 atom stereocenters. The second kappa shape index (κ2) is 10.7. The van der Waals surface area contributed by atoms with Gasteiger partial charge < -0.3 is 9.47 Å². The highest BCUT2D eigenvalue weighted by Crippen LogP contribution is 2.23. The molecule has 0 bridgehead atoms. The molecule has 5 heteroatoms. The molecule has 152 valence electrons. The van der Waals surface area contributed by atoms with Crippen molar-refractivity contribution in [3.8, 4) is 0 Å². The minimum atomic E-state index is -0.929. The van der Waals surface area contributed by atoms with Crippen LogP contribution in [0.2, 0.25) is 0 Å². The zero-order valence-corrected chi connectivity index (χ0v) is 16.7. The van der Waals surface area contributed by atoms with Crippen molar-refractivity contribution in [2.24, 2.45) is 0 Å². The molecule has 1 heterocycles. The molecule has 0 saturated carbocycles. The molecule has 0 radical (unpaired) electrons. The van der Waals surface area contributed by atoms with Gasteiger partial charge in [-0.25, -0.2) is 0 Å². The van der Waals surface area contributed by atoms with Crippen LogP contribution in [0.5, 0.6) is 0 Å². The van der Waals surface area contributed by atoms with Crippen LogP contribution >= 0.6 is 0 Å². The van der Waals surface area contributed by atoms with Crippen molar-refractivity contribution < 1.29 is 19.1 Å². The van der Waals surface area contributed by atoms with Crippen LogP contribution in [0.25, 0.3) is 0 Å². The summed E-state index contributed by atoms with van der Waals surface area (Å²) >= 11 is 0. The third-order valence-corrected chi connectivity index (χ3v) is 4.76. The molecule has 1 saturated heterocycles. The van der Waals surface area contributed by atoms with Crippen LogP contribution in [-0.2, 0) is 32.3 Å². The summed E-state index contributed by atoms with van der Waals surface area (Å²) in [5.41, 5.74) is 1.89. The number of imide groups is 1. The summed E-state index contributed by atoms with van der Waals surface area (Å²) in [5, 5.41) is 0. The Bertz CT molecular complexity index is 758. The van der Waals surface area contributed by atoms with Gasteiger partial charge in [0.15, 0.2) is 12.2 Å². The molecule has 0 aromatic heterocycles. The van der Waals surface area contributed by atoms with Gasteiger partial charge in [0.2, 0.25) is 0 Å². The lowest BCUT2D eigenvalue weighted by atomic mass is 10.2. The molecule has 5 nitrogen and oxygen atoms in total. The average Bonchev–Trinajstić information content (AvgIpc) is 2.98. The summed E-state index contributed by atoms with van der Waals surface area (Å²) in [6, 6.07) is 19.2. The van der Waals surface area contributed by atoms with Crippen molar-refractivity contribution >= 4 is 11.8 Å². The fourth-order valence-electron chi connectivity index (χ4n) is 3.22. The minimum absolute atomic E-state index is 0.249. The summed E-state index contributed by atoms with van der Waals surface area (Å²) in [6.07, 6.45) is 3.70. The minimum Gasteiger partial charge on any atom is -0.360 e. The van der Waals surface area contributed by atoms with Gasteiger partial charge in [0.1, 0.15) is 0 Å². The van der Waals surface area contributed by atoms with Crippen LogP contribution in [0, 0.1) is 0 Å². The number of amides is 2. The smallest absolute Gasteiger partial charge is 0.261 e. The summed E-state index contributed by atoms with van der Waals surface area (Å²) in [7, 11) is 0. The molecule has 2 aromatic carbocycles. The third kappa shape index (κ3) is 5.62. The first kappa shape index (κ1) is 21.0. The Morgan fingerprint density at radius 1 is 0.793 bits per heavy atom. The van der Waals surface area contributed by atoms with Crippen molar-refractivity contribution in [3.63, 3.8) is 0 Å². The maximum atomic E-state index is 12.9. The number of hydrogen-bond acceptors (Lipinski definition) is 4. The van der Waals surface area contributed by atoms with Crippen molar-refractivity contribution in [1.29, 1.82) is 0 Å². The quantitative estimate of drug-likeness (QED) is 0.454. The predicted molar refractivity (Wildman–Crippen MR) is 111 cm³/mol. The van der Waals surface area contributed by atoms with E-state index in [0.29, 0.717) is 13.0 Å². The van der Waals surface area contributed by atoms with Crippen molar-refractivity contribution in [3.05, 3.63) is 83.9 Å². The predicted octanol–water partition coefficient (Wildman–Crippen LogP) is 3.88. The van der Waals surface area contributed by atoms with Crippen molar-refractivity contribution in [2.45, 2.75) is 45.2 Å². The Balaban J connectivity index is 1.69. The van der Waals surface area contributed by atoms with Crippen LogP contribution < -0.4 is 0 Å². The lowest BCUT2D eigenvalue weighted by Crippen LogP contribution is -2.34. The molecule has 3 rings (SSSR count). The third-order valence-electron chi connectivity index (χ3n) is 4.76. The number of nitrogens with zero attached hydrogens (tertiary/aromatic N) is 1. The van der Waals surface area contributed by atoms with Gasteiger partial charge in [-0.1, -0.05) is 79.7 Å². The van der Waals surface area contributed by atoms with Crippen LogP contribution in [0.1, 0.15) is 30.9 Å². The monoisotopic (exact) mass is 393 g/mol. The highest BCUT2D eigenvalue weighted by molar-refractivity contribution is 6.08. The topological polar surface area (TPSA) is 55.8 Å². The van der Waals surface area contributed by atoms with Crippen LogP contribution in [0.4, 0.5) is 0 Å². The Labute approximate surface area is 171 Å². The number of carbonyl (C=O) groups excluding carboxylic acids is 2. The van der Waals surface area contributed by atoms with E-state index in [9.17, 15) is 9.59 Å². The van der Waals surface area contributed by atoms with Gasteiger partial charge in [-0.2, -0.15) is 0 Å². The summed E-state index contributed by atoms with van der Waals surface area (Å²) in [5.74, 6) is -0.650. The van der Waals surface area contributed by atoms with E-state index < -0.39 is 12.2 Å². The van der Waals surface area contributed by atoms with Crippen molar-refractivity contribution in [2.75, 3.05) is 6.54 Å². The van der Waals surface area contributed by atoms with E-state index in [-0.39, 0.29) is 25.0 Å². The maximum Gasteiger partial charge on any atom is 0.261 e. The molecule has 2 amide bonds. The molecule has 0 unspecified atom stereocenters. The highest BCUT2D eigenvalue weighted by atomic mass is 16.6. The van der Waals surface area contributed by atoms with Gasteiger partial charge in [-0.05, 0) is 24.0 Å². The van der Waals surface area contributed by atoms with Gasteiger partial charge in [-0.15, -0.1) is 0 Å². The Hall–Kier alpha value is -2.76. The lowest BCUT2D eigenvalue weighted by molar-refractivity contribution is -0.142. The molecule has 29 heavy (non-hydrogen) atoms. The molecule has 1 aliphatic heterocycles. The largest absolute Gasteiger partial charge is 0.360 e. The number of rotatable bonds is 10. The van der Waals surface area contributed by atoms with Crippen LogP contribution in [0.15, 0.2) is 72.8 Å². The second-order valence-corrected chi connectivity index (χ2v) is 6.93. The molecule has 0 aliphatic carbocycles.